The Labute approximate surface area is 132 Å². The summed E-state index contributed by atoms with van der Waals surface area (Å²) in [5.41, 5.74) is 0. The summed E-state index contributed by atoms with van der Waals surface area (Å²) in [6.45, 7) is 2.65. The average Bonchev–Trinajstić information content (AvgIpc) is 3.10. The Bertz CT molecular complexity index is 475. The van der Waals surface area contributed by atoms with E-state index in [4.69, 9.17) is 16.3 Å². The summed E-state index contributed by atoms with van der Waals surface area (Å²) in [4.78, 5) is 29.5. The van der Waals surface area contributed by atoms with Crippen LogP contribution in [0.25, 0.3) is 0 Å². The number of hydrogen-bond donors (Lipinski definition) is 1. The second-order valence-corrected chi connectivity index (χ2v) is 6.40. The molecule has 0 radical (unpaired) electrons. The number of halogens is 1. The minimum Gasteiger partial charge on any atom is -0.376 e. The molecular weight excluding hydrogens is 314 g/mol. The molecular formula is C13H18ClN3O3S. The van der Waals surface area contributed by atoms with E-state index in [0.717, 1.165) is 12.8 Å². The molecule has 1 aromatic rings. The van der Waals surface area contributed by atoms with Gasteiger partial charge in [-0.2, -0.15) is 0 Å². The van der Waals surface area contributed by atoms with E-state index in [-0.39, 0.29) is 24.5 Å². The zero-order valence-electron chi connectivity index (χ0n) is 11.8. The molecule has 2 amide bonds. The minimum atomic E-state index is -0.668. The summed E-state index contributed by atoms with van der Waals surface area (Å²) in [6.07, 6.45) is 3.47. The maximum Gasteiger partial charge on any atom is 0.245 e. The highest BCUT2D eigenvalue weighted by Gasteiger charge is 2.26. The first-order valence-corrected chi connectivity index (χ1v) is 8.11. The highest BCUT2D eigenvalue weighted by Crippen LogP contribution is 2.15. The van der Waals surface area contributed by atoms with E-state index in [1.165, 1.54) is 16.2 Å². The number of hydrogen-bond acceptors (Lipinski definition) is 5. The molecule has 0 aliphatic carbocycles. The molecule has 6 nitrogen and oxygen atoms in total. The molecule has 0 spiro atoms. The van der Waals surface area contributed by atoms with Crippen LogP contribution in [-0.2, 0) is 14.3 Å². The van der Waals surface area contributed by atoms with Crippen LogP contribution in [0.1, 0.15) is 19.8 Å². The normalized spacial score (nSPS) is 19.2. The van der Waals surface area contributed by atoms with Gasteiger partial charge in [-0.15, -0.1) is 22.9 Å². The van der Waals surface area contributed by atoms with Gasteiger partial charge in [0.2, 0.25) is 11.8 Å². The van der Waals surface area contributed by atoms with Gasteiger partial charge in [0, 0.05) is 24.7 Å². The summed E-state index contributed by atoms with van der Waals surface area (Å²) >= 11 is 7.19. The number of alkyl halides is 1. The molecule has 1 N–H and O–H groups in total. The maximum absolute atomic E-state index is 12.1. The van der Waals surface area contributed by atoms with Gasteiger partial charge in [-0.3, -0.25) is 9.59 Å². The number of nitrogens with one attached hydrogen (secondary N) is 1. The number of amides is 2. The molecule has 2 rings (SSSR count). The molecule has 0 unspecified atom stereocenters. The number of rotatable bonds is 6. The first kappa shape index (κ1) is 16.2. The van der Waals surface area contributed by atoms with Crippen molar-refractivity contribution in [1.29, 1.82) is 0 Å². The Morgan fingerprint density at radius 2 is 2.48 bits per heavy atom. The SMILES string of the molecule is C[C@@H](Cl)C(=O)N(CC(=O)Nc1nccs1)C[C@H]1CCCO1. The van der Waals surface area contributed by atoms with Gasteiger partial charge < -0.3 is 15.0 Å². The van der Waals surface area contributed by atoms with Crippen molar-refractivity contribution in [2.75, 3.05) is 25.0 Å². The number of carbonyl (C=O) groups excluding carboxylic acids is 2. The van der Waals surface area contributed by atoms with E-state index in [1.54, 1.807) is 18.5 Å². The van der Waals surface area contributed by atoms with E-state index in [2.05, 4.69) is 10.3 Å². The molecule has 1 fully saturated rings. The fourth-order valence-corrected chi connectivity index (χ4v) is 2.82. The van der Waals surface area contributed by atoms with E-state index >= 15 is 0 Å². The van der Waals surface area contributed by atoms with Crippen molar-refractivity contribution in [2.45, 2.75) is 31.2 Å². The fraction of sp³-hybridized carbons (Fsp3) is 0.615. The van der Waals surface area contributed by atoms with Gasteiger partial charge in [0.05, 0.1) is 6.10 Å². The van der Waals surface area contributed by atoms with Crippen molar-refractivity contribution in [3.63, 3.8) is 0 Å². The predicted octanol–water partition coefficient (Wildman–Crippen LogP) is 1.72. The summed E-state index contributed by atoms with van der Waals surface area (Å²) in [6, 6.07) is 0. The van der Waals surface area contributed by atoms with Crippen LogP contribution in [-0.4, -0.2) is 52.9 Å². The third-order valence-corrected chi connectivity index (χ3v) is 3.99. The lowest BCUT2D eigenvalue weighted by atomic mass is 10.2. The molecule has 116 valence electrons. The van der Waals surface area contributed by atoms with Gasteiger partial charge in [-0.1, -0.05) is 0 Å². The molecule has 1 aromatic heterocycles. The lowest BCUT2D eigenvalue weighted by Crippen LogP contribution is -2.44. The van der Waals surface area contributed by atoms with E-state index in [0.29, 0.717) is 18.3 Å². The van der Waals surface area contributed by atoms with Crippen LogP contribution < -0.4 is 5.32 Å². The van der Waals surface area contributed by atoms with Crippen molar-refractivity contribution in [3.8, 4) is 0 Å². The number of carbonyl (C=O) groups is 2. The molecule has 1 aliphatic rings. The number of thiazole rings is 1. The summed E-state index contributed by atoms with van der Waals surface area (Å²) in [5, 5.41) is 4.28. The molecule has 0 bridgehead atoms. The lowest BCUT2D eigenvalue weighted by Gasteiger charge is -2.25. The predicted molar refractivity (Wildman–Crippen MR) is 81.6 cm³/mol. The van der Waals surface area contributed by atoms with Crippen molar-refractivity contribution < 1.29 is 14.3 Å². The highest BCUT2D eigenvalue weighted by atomic mass is 35.5. The van der Waals surface area contributed by atoms with Crippen LogP contribution in [0.15, 0.2) is 11.6 Å². The van der Waals surface area contributed by atoms with Gasteiger partial charge in [0.1, 0.15) is 11.9 Å². The van der Waals surface area contributed by atoms with Gasteiger partial charge in [0.25, 0.3) is 0 Å². The molecule has 0 aromatic carbocycles. The Kier molecular flexibility index (Phi) is 5.96. The summed E-state index contributed by atoms with van der Waals surface area (Å²) < 4.78 is 5.52. The second kappa shape index (κ2) is 7.72. The molecule has 21 heavy (non-hydrogen) atoms. The Hall–Kier alpha value is -1.18. The van der Waals surface area contributed by atoms with Crippen LogP contribution in [0.3, 0.4) is 0 Å². The second-order valence-electron chi connectivity index (χ2n) is 4.86. The first-order valence-electron chi connectivity index (χ1n) is 6.80. The van der Waals surface area contributed by atoms with Gasteiger partial charge in [0.15, 0.2) is 5.13 Å². The number of aromatic nitrogens is 1. The molecule has 8 heteroatoms. The van der Waals surface area contributed by atoms with Crippen LogP contribution in [0.4, 0.5) is 5.13 Å². The smallest absolute Gasteiger partial charge is 0.245 e. The monoisotopic (exact) mass is 331 g/mol. The number of nitrogens with zero attached hydrogens (tertiary/aromatic N) is 2. The largest absolute Gasteiger partial charge is 0.376 e. The Morgan fingerprint density at radius 1 is 1.67 bits per heavy atom. The van der Waals surface area contributed by atoms with Gasteiger partial charge >= 0.3 is 0 Å². The molecule has 1 saturated heterocycles. The number of anilines is 1. The quantitative estimate of drug-likeness (QED) is 0.806. The van der Waals surface area contributed by atoms with Crippen molar-refractivity contribution >= 4 is 39.9 Å². The van der Waals surface area contributed by atoms with Crippen LogP contribution in [0.2, 0.25) is 0 Å². The van der Waals surface area contributed by atoms with Crippen LogP contribution >= 0.6 is 22.9 Å². The Balaban J connectivity index is 1.93. The zero-order valence-corrected chi connectivity index (χ0v) is 13.3. The average molecular weight is 332 g/mol. The van der Waals surface area contributed by atoms with Crippen molar-refractivity contribution in [2.24, 2.45) is 0 Å². The van der Waals surface area contributed by atoms with Crippen molar-refractivity contribution in [1.82, 2.24) is 9.88 Å². The Morgan fingerprint density at radius 3 is 3.05 bits per heavy atom. The minimum absolute atomic E-state index is 0.0166. The standard InChI is InChI=1S/C13H18ClN3O3S/c1-9(14)12(19)17(7-10-3-2-5-20-10)8-11(18)16-13-15-4-6-21-13/h4,6,9-10H,2-3,5,7-8H2,1H3,(H,15,16,18)/t9-,10-/m1/s1. The van der Waals surface area contributed by atoms with Crippen molar-refractivity contribution in [3.05, 3.63) is 11.6 Å². The molecule has 2 atom stereocenters. The third kappa shape index (κ3) is 4.94. The van der Waals surface area contributed by atoms with Gasteiger partial charge in [-0.25, -0.2) is 4.98 Å². The maximum atomic E-state index is 12.1. The van der Waals surface area contributed by atoms with Crippen LogP contribution in [0, 0.1) is 0 Å². The highest BCUT2D eigenvalue weighted by molar-refractivity contribution is 7.13. The zero-order chi connectivity index (χ0) is 15.2. The summed E-state index contributed by atoms with van der Waals surface area (Å²) in [5.74, 6) is -0.546. The number of ether oxygens (including phenoxy) is 1. The topological polar surface area (TPSA) is 71.5 Å². The first-order chi connectivity index (χ1) is 10.1. The molecule has 2 heterocycles. The summed E-state index contributed by atoms with van der Waals surface area (Å²) in [7, 11) is 0. The third-order valence-electron chi connectivity index (χ3n) is 3.11. The van der Waals surface area contributed by atoms with E-state index in [1.807, 2.05) is 0 Å². The van der Waals surface area contributed by atoms with E-state index < -0.39 is 5.38 Å². The van der Waals surface area contributed by atoms with Gasteiger partial charge in [-0.05, 0) is 19.8 Å². The van der Waals surface area contributed by atoms with Crippen LogP contribution in [0.5, 0.6) is 0 Å². The molecule has 0 saturated carbocycles. The lowest BCUT2D eigenvalue weighted by molar-refractivity contribution is -0.135. The fourth-order valence-electron chi connectivity index (χ4n) is 2.14. The molecule has 1 aliphatic heterocycles. The van der Waals surface area contributed by atoms with E-state index in [9.17, 15) is 9.59 Å².